The highest BCUT2D eigenvalue weighted by atomic mass is 32.1. The Bertz CT molecular complexity index is 670. The largest absolute Gasteiger partial charge is 0.378 e. The van der Waals surface area contributed by atoms with Gasteiger partial charge in [0.15, 0.2) is 0 Å². The van der Waals surface area contributed by atoms with Crippen molar-refractivity contribution in [2.75, 3.05) is 18.9 Å². The molecule has 0 aliphatic carbocycles. The minimum Gasteiger partial charge on any atom is -0.378 e. The Morgan fingerprint density at radius 3 is 2.61 bits per heavy atom. The molecule has 1 heterocycles. The Hall–Kier alpha value is -2.41. The second-order valence-electron chi connectivity index (χ2n) is 4.99. The predicted octanol–water partition coefficient (Wildman–Crippen LogP) is 1.93. The van der Waals surface area contributed by atoms with Gasteiger partial charge < -0.3 is 16.0 Å². The molecule has 2 amide bonds. The van der Waals surface area contributed by atoms with Crippen LogP contribution in [0.2, 0.25) is 0 Å². The smallest absolute Gasteiger partial charge is 0.256 e. The van der Waals surface area contributed by atoms with Gasteiger partial charge in [-0.1, -0.05) is 30.3 Å². The van der Waals surface area contributed by atoms with Crippen LogP contribution < -0.4 is 16.0 Å². The number of hydrogen-bond acceptors (Lipinski definition) is 5. The Kier molecular flexibility index (Phi) is 6.10. The Balaban J connectivity index is 1.75. The van der Waals surface area contributed by atoms with Gasteiger partial charge in [-0.15, -0.1) is 0 Å². The first-order chi connectivity index (χ1) is 11.1. The number of benzene rings is 1. The standard InChI is InChI=1S/C16H20N4O2S/c1-11-14(16(17-2)23-20-11)15(22)18-9-8-13(21)19-10-12-6-4-3-5-7-12/h3-7,17H,8-10H2,1-2H3,(H,18,22)(H,19,21). The van der Waals surface area contributed by atoms with Gasteiger partial charge in [0.25, 0.3) is 5.91 Å². The summed E-state index contributed by atoms with van der Waals surface area (Å²) >= 11 is 1.25. The second-order valence-corrected chi connectivity index (χ2v) is 5.76. The van der Waals surface area contributed by atoms with Gasteiger partial charge in [-0.2, -0.15) is 4.37 Å². The first kappa shape index (κ1) is 17.0. The van der Waals surface area contributed by atoms with Crippen molar-refractivity contribution in [2.45, 2.75) is 19.9 Å². The monoisotopic (exact) mass is 332 g/mol. The lowest BCUT2D eigenvalue weighted by Gasteiger charge is -2.07. The fraction of sp³-hybridized carbons (Fsp3) is 0.312. The molecule has 0 unspecified atom stereocenters. The van der Waals surface area contributed by atoms with E-state index in [1.807, 2.05) is 30.3 Å². The molecule has 1 aromatic heterocycles. The fourth-order valence-corrected chi connectivity index (χ4v) is 2.81. The SMILES string of the molecule is CNc1snc(C)c1C(=O)NCCC(=O)NCc1ccccc1. The zero-order chi connectivity index (χ0) is 16.7. The summed E-state index contributed by atoms with van der Waals surface area (Å²) < 4.78 is 4.15. The summed E-state index contributed by atoms with van der Waals surface area (Å²) in [6.07, 6.45) is 0.240. The van der Waals surface area contributed by atoms with Gasteiger partial charge >= 0.3 is 0 Å². The van der Waals surface area contributed by atoms with Gasteiger partial charge in [-0.25, -0.2) is 0 Å². The molecule has 23 heavy (non-hydrogen) atoms. The van der Waals surface area contributed by atoms with Gasteiger partial charge in [0.2, 0.25) is 5.91 Å². The molecule has 0 aliphatic heterocycles. The molecule has 0 spiro atoms. The van der Waals surface area contributed by atoms with E-state index in [-0.39, 0.29) is 24.8 Å². The molecule has 2 aromatic rings. The third-order valence-corrected chi connectivity index (χ3v) is 4.24. The second kappa shape index (κ2) is 8.28. The van der Waals surface area contributed by atoms with Crippen molar-refractivity contribution < 1.29 is 9.59 Å². The molecule has 0 saturated carbocycles. The summed E-state index contributed by atoms with van der Waals surface area (Å²) in [6.45, 7) is 2.57. The molecule has 0 radical (unpaired) electrons. The summed E-state index contributed by atoms with van der Waals surface area (Å²) in [7, 11) is 1.75. The van der Waals surface area contributed by atoms with E-state index in [4.69, 9.17) is 0 Å². The van der Waals surface area contributed by atoms with Crippen LogP contribution in [0.1, 0.15) is 28.0 Å². The molecule has 122 valence electrons. The number of aryl methyl sites for hydroxylation is 1. The number of rotatable bonds is 7. The molecule has 2 rings (SSSR count). The van der Waals surface area contributed by atoms with Crippen LogP contribution in [0, 0.1) is 6.92 Å². The van der Waals surface area contributed by atoms with Crippen LogP contribution in [-0.4, -0.2) is 29.8 Å². The average Bonchev–Trinajstić information content (AvgIpc) is 2.94. The Morgan fingerprint density at radius 2 is 1.91 bits per heavy atom. The lowest BCUT2D eigenvalue weighted by molar-refractivity contribution is -0.121. The van der Waals surface area contributed by atoms with Gasteiger partial charge in [0, 0.05) is 26.6 Å². The number of carbonyl (C=O) groups is 2. The van der Waals surface area contributed by atoms with E-state index in [1.165, 1.54) is 11.5 Å². The molecular weight excluding hydrogens is 312 g/mol. The van der Waals surface area contributed by atoms with Crippen LogP contribution in [-0.2, 0) is 11.3 Å². The topological polar surface area (TPSA) is 83.1 Å². The van der Waals surface area contributed by atoms with Crippen molar-refractivity contribution in [3.05, 3.63) is 47.2 Å². The summed E-state index contributed by atoms with van der Waals surface area (Å²) in [5.41, 5.74) is 2.27. The van der Waals surface area contributed by atoms with Crippen LogP contribution >= 0.6 is 11.5 Å². The number of nitrogens with one attached hydrogen (secondary N) is 3. The molecule has 0 saturated heterocycles. The summed E-state index contributed by atoms with van der Waals surface area (Å²) in [5.74, 6) is -0.306. The zero-order valence-electron chi connectivity index (χ0n) is 13.2. The number of nitrogens with zero attached hydrogens (tertiary/aromatic N) is 1. The van der Waals surface area contributed by atoms with Gasteiger partial charge in [0.05, 0.1) is 11.3 Å². The molecule has 1 aromatic carbocycles. The normalized spacial score (nSPS) is 10.2. The molecule has 0 bridgehead atoms. The summed E-state index contributed by atoms with van der Waals surface area (Å²) in [6, 6.07) is 9.69. The van der Waals surface area contributed by atoms with E-state index >= 15 is 0 Å². The molecule has 0 aliphatic rings. The summed E-state index contributed by atoms with van der Waals surface area (Å²) in [5, 5.41) is 9.27. The number of carbonyl (C=O) groups excluding carboxylic acids is 2. The first-order valence-electron chi connectivity index (χ1n) is 7.34. The van der Waals surface area contributed by atoms with E-state index in [9.17, 15) is 9.59 Å². The van der Waals surface area contributed by atoms with E-state index in [0.29, 0.717) is 17.8 Å². The highest BCUT2D eigenvalue weighted by Gasteiger charge is 2.17. The molecular formula is C16H20N4O2S. The van der Waals surface area contributed by atoms with Crippen molar-refractivity contribution in [3.8, 4) is 0 Å². The van der Waals surface area contributed by atoms with E-state index in [1.54, 1.807) is 14.0 Å². The van der Waals surface area contributed by atoms with Crippen molar-refractivity contribution in [2.24, 2.45) is 0 Å². The van der Waals surface area contributed by atoms with Crippen LogP contribution in [0.3, 0.4) is 0 Å². The highest BCUT2D eigenvalue weighted by molar-refractivity contribution is 7.10. The molecule has 3 N–H and O–H groups in total. The maximum absolute atomic E-state index is 12.2. The number of amides is 2. The number of aromatic nitrogens is 1. The third-order valence-electron chi connectivity index (χ3n) is 3.29. The predicted molar refractivity (Wildman–Crippen MR) is 91.6 cm³/mol. The summed E-state index contributed by atoms with van der Waals surface area (Å²) in [4.78, 5) is 23.9. The first-order valence-corrected chi connectivity index (χ1v) is 8.12. The number of hydrogen-bond donors (Lipinski definition) is 3. The molecule has 6 nitrogen and oxygen atoms in total. The molecule has 0 fully saturated rings. The van der Waals surface area contributed by atoms with E-state index in [0.717, 1.165) is 10.6 Å². The van der Waals surface area contributed by atoms with E-state index < -0.39 is 0 Å². The maximum Gasteiger partial charge on any atom is 0.256 e. The lowest BCUT2D eigenvalue weighted by Crippen LogP contribution is -2.30. The van der Waals surface area contributed by atoms with Crippen LogP contribution in [0.25, 0.3) is 0 Å². The molecule has 7 heteroatoms. The van der Waals surface area contributed by atoms with Crippen LogP contribution in [0.4, 0.5) is 5.00 Å². The van der Waals surface area contributed by atoms with Crippen LogP contribution in [0.5, 0.6) is 0 Å². The van der Waals surface area contributed by atoms with Gasteiger partial charge in [0.1, 0.15) is 5.00 Å². The van der Waals surface area contributed by atoms with Crippen molar-refractivity contribution in [1.29, 1.82) is 0 Å². The minimum atomic E-state index is -0.212. The number of anilines is 1. The Labute approximate surface area is 139 Å². The van der Waals surface area contributed by atoms with Gasteiger partial charge in [-0.05, 0) is 24.0 Å². The zero-order valence-corrected chi connectivity index (χ0v) is 14.0. The lowest BCUT2D eigenvalue weighted by atomic mass is 10.2. The van der Waals surface area contributed by atoms with Crippen molar-refractivity contribution >= 4 is 28.3 Å². The van der Waals surface area contributed by atoms with Gasteiger partial charge in [-0.3, -0.25) is 9.59 Å². The van der Waals surface area contributed by atoms with E-state index in [2.05, 4.69) is 20.3 Å². The molecule has 0 atom stereocenters. The fourth-order valence-electron chi connectivity index (χ4n) is 2.07. The highest BCUT2D eigenvalue weighted by Crippen LogP contribution is 2.23. The van der Waals surface area contributed by atoms with Crippen molar-refractivity contribution in [3.63, 3.8) is 0 Å². The minimum absolute atomic E-state index is 0.0943. The van der Waals surface area contributed by atoms with Crippen LogP contribution in [0.15, 0.2) is 30.3 Å². The third kappa shape index (κ3) is 4.79. The quantitative estimate of drug-likeness (QED) is 0.723. The average molecular weight is 332 g/mol. The Morgan fingerprint density at radius 1 is 1.17 bits per heavy atom. The van der Waals surface area contributed by atoms with Crippen molar-refractivity contribution in [1.82, 2.24) is 15.0 Å². The maximum atomic E-state index is 12.2.